The summed E-state index contributed by atoms with van der Waals surface area (Å²) in [6.07, 6.45) is 5.29. The maximum Gasteiger partial charge on any atom is 0.573 e. The smallest absolute Gasteiger partial charge is 0.481 e. The van der Waals surface area contributed by atoms with Crippen LogP contribution in [0.4, 0.5) is 13.2 Å². The topological polar surface area (TPSA) is 95.9 Å². The quantitative estimate of drug-likeness (QED) is 0.335. The molecular weight excluding hydrogens is 537 g/mol. The number of nitrogens with zero attached hydrogens (tertiary/aromatic N) is 1. The van der Waals surface area contributed by atoms with Crippen molar-refractivity contribution >= 4 is 17.8 Å². The van der Waals surface area contributed by atoms with Gasteiger partial charge in [-0.15, -0.1) is 13.2 Å². The fraction of sp³-hybridized carbons (Fsp3) is 0.516. The SMILES string of the molecule is O=C(O)CCNC(=O)c1ccc(CN(C(=O)c2ccc(OC(F)(F)F)cc2)[C@H]2CC[C@H](C3CCCCC3)CC2)cc1. The van der Waals surface area contributed by atoms with E-state index in [4.69, 9.17) is 5.11 Å². The molecule has 0 atom stereocenters. The standard InChI is InChI=1S/C31H37F3N2O5/c32-31(33,34)41-27-16-12-25(13-17-27)30(40)36(26-14-10-23(11-15-26)22-4-2-1-3-5-22)20-21-6-8-24(9-7-21)29(39)35-19-18-28(37)38/h6-9,12-13,16-17,22-23,26H,1-5,10-11,14-15,18-20H2,(H,35,39)(H,37,38)/t23-,26-. The van der Waals surface area contributed by atoms with E-state index in [1.807, 2.05) is 0 Å². The average molecular weight is 575 g/mol. The predicted octanol–water partition coefficient (Wildman–Crippen LogP) is 6.57. The number of rotatable bonds is 10. The van der Waals surface area contributed by atoms with Crippen molar-refractivity contribution in [3.05, 3.63) is 65.2 Å². The van der Waals surface area contributed by atoms with Crippen LogP contribution < -0.4 is 10.1 Å². The molecule has 0 spiro atoms. The molecule has 222 valence electrons. The Morgan fingerprint density at radius 1 is 0.829 bits per heavy atom. The van der Waals surface area contributed by atoms with Crippen LogP contribution in [0.1, 0.15) is 90.5 Å². The molecule has 2 aromatic carbocycles. The summed E-state index contributed by atoms with van der Waals surface area (Å²) in [6, 6.07) is 11.8. The van der Waals surface area contributed by atoms with Crippen LogP contribution in [0.15, 0.2) is 48.5 Å². The molecule has 2 amide bonds. The van der Waals surface area contributed by atoms with Crippen LogP contribution in [-0.4, -0.2) is 46.7 Å². The third kappa shape index (κ3) is 8.96. The zero-order chi connectivity index (χ0) is 29.4. The third-order valence-electron chi connectivity index (χ3n) is 8.29. The predicted molar refractivity (Wildman–Crippen MR) is 146 cm³/mol. The average Bonchev–Trinajstić information content (AvgIpc) is 2.96. The second-order valence-electron chi connectivity index (χ2n) is 11.1. The van der Waals surface area contributed by atoms with E-state index in [1.54, 1.807) is 29.2 Å². The normalized spacial score (nSPS) is 19.8. The van der Waals surface area contributed by atoms with Gasteiger partial charge >= 0.3 is 12.3 Å². The van der Waals surface area contributed by atoms with E-state index in [-0.39, 0.29) is 42.1 Å². The Hall–Kier alpha value is -3.56. The van der Waals surface area contributed by atoms with Crippen LogP contribution >= 0.6 is 0 Å². The summed E-state index contributed by atoms with van der Waals surface area (Å²) < 4.78 is 41.8. The maximum atomic E-state index is 13.7. The Labute approximate surface area is 238 Å². The molecule has 2 saturated carbocycles. The van der Waals surface area contributed by atoms with Gasteiger partial charge in [-0.1, -0.05) is 44.2 Å². The van der Waals surface area contributed by atoms with Crippen LogP contribution in [0, 0.1) is 11.8 Å². The van der Waals surface area contributed by atoms with E-state index in [0.29, 0.717) is 18.0 Å². The van der Waals surface area contributed by atoms with Crippen LogP contribution in [-0.2, 0) is 11.3 Å². The summed E-state index contributed by atoms with van der Waals surface area (Å²) in [5, 5.41) is 11.3. The molecule has 4 rings (SSSR count). The number of ether oxygens (including phenoxy) is 1. The number of nitrogens with one attached hydrogen (secondary N) is 1. The van der Waals surface area contributed by atoms with Gasteiger partial charge in [-0.3, -0.25) is 14.4 Å². The molecule has 0 heterocycles. The third-order valence-corrected chi connectivity index (χ3v) is 8.29. The highest BCUT2D eigenvalue weighted by Gasteiger charge is 2.34. The molecule has 7 nitrogen and oxygen atoms in total. The van der Waals surface area contributed by atoms with Gasteiger partial charge in [0.25, 0.3) is 11.8 Å². The minimum absolute atomic E-state index is 0.00700. The summed E-state index contributed by atoms with van der Waals surface area (Å²) in [6.45, 7) is 0.313. The molecule has 0 bridgehead atoms. The van der Waals surface area contributed by atoms with Gasteiger partial charge in [0.05, 0.1) is 6.42 Å². The molecule has 2 N–H and O–H groups in total. The molecule has 2 aromatic rings. The lowest BCUT2D eigenvalue weighted by molar-refractivity contribution is -0.274. The number of amides is 2. The highest BCUT2D eigenvalue weighted by Crippen LogP contribution is 2.40. The van der Waals surface area contributed by atoms with Gasteiger partial charge in [0.1, 0.15) is 5.75 Å². The number of halogens is 3. The summed E-state index contributed by atoms with van der Waals surface area (Å²) >= 11 is 0. The number of carbonyl (C=O) groups is 3. The van der Waals surface area contributed by atoms with E-state index in [1.165, 1.54) is 44.2 Å². The monoisotopic (exact) mass is 574 g/mol. The molecule has 0 radical (unpaired) electrons. The number of carboxylic acids is 1. The van der Waals surface area contributed by atoms with Gasteiger partial charge < -0.3 is 20.1 Å². The maximum absolute atomic E-state index is 13.7. The van der Waals surface area contributed by atoms with Crippen molar-refractivity contribution in [2.75, 3.05) is 6.54 Å². The number of alkyl halides is 3. The summed E-state index contributed by atoms with van der Waals surface area (Å²) in [5.41, 5.74) is 1.47. The minimum Gasteiger partial charge on any atom is -0.481 e. The van der Waals surface area contributed by atoms with Gasteiger partial charge in [0.2, 0.25) is 0 Å². The molecule has 2 aliphatic carbocycles. The molecule has 0 unspecified atom stereocenters. The van der Waals surface area contributed by atoms with Crippen molar-refractivity contribution in [1.82, 2.24) is 10.2 Å². The first-order valence-corrected chi connectivity index (χ1v) is 14.3. The van der Waals surface area contributed by atoms with Crippen LogP contribution in [0.2, 0.25) is 0 Å². The van der Waals surface area contributed by atoms with Crippen molar-refractivity contribution in [3.63, 3.8) is 0 Å². The van der Waals surface area contributed by atoms with E-state index >= 15 is 0 Å². The molecule has 41 heavy (non-hydrogen) atoms. The number of benzene rings is 2. The highest BCUT2D eigenvalue weighted by atomic mass is 19.4. The largest absolute Gasteiger partial charge is 0.573 e. The Bertz CT molecular complexity index is 1170. The van der Waals surface area contributed by atoms with Crippen LogP contribution in [0.25, 0.3) is 0 Å². The molecule has 0 aliphatic heterocycles. The van der Waals surface area contributed by atoms with Gasteiger partial charge in [-0.25, -0.2) is 0 Å². The number of carbonyl (C=O) groups excluding carboxylic acids is 2. The van der Waals surface area contributed by atoms with E-state index < -0.39 is 12.3 Å². The first-order chi connectivity index (χ1) is 19.6. The highest BCUT2D eigenvalue weighted by molar-refractivity contribution is 5.95. The zero-order valence-corrected chi connectivity index (χ0v) is 23.0. The lowest BCUT2D eigenvalue weighted by Gasteiger charge is -2.40. The Balaban J connectivity index is 1.47. The Morgan fingerprint density at radius 3 is 2.00 bits per heavy atom. The first-order valence-electron chi connectivity index (χ1n) is 14.3. The molecule has 2 aliphatic rings. The van der Waals surface area contributed by atoms with Gasteiger partial charge in [-0.2, -0.15) is 0 Å². The number of carboxylic acid groups (broad SMARTS) is 1. The Kier molecular flexibility index (Phi) is 10.3. The van der Waals surface area contributed by atoms with E-state index in [2.05, 4.69) is 10.1 Å². The van der Waals surface area contributed by atoms with Crippen molar-refractivity contribution in [2.45, 2.75) is 83.2 Å². The Morgan fingerprint density at radius 2 is 1.41 bits per heavy atom. The molecular formula is C31H37F3N2O5. The second kappa shape index (κ2) is 13.9. The summed E-state index contributed by atoms with van der Waals surface area (Å²) in [4.78, 5) is 38.5. The fourth-order valence-corrected chi connectivity index (χ4v) is 6.17. The lowest BCUT2D eigenvalue weighted by atomic mass is 9.72. The van der Waals surface area contributed by atoms with E-state index in [0.717, 1.165) is 49.3 Å². The summed E-state index contributed by atoms with van der Waals surface area (Å²) in [5.74, 6) is -0.606. The van der Waals surface area contributed by atoms with Gasteiger partial charge in [0.15, 0.2) is 0 Å². The van der Waals surface area contributed by atoms with Gasteiger partial charge in [0, 0.05) is 30.3 Å². The van der Waals surface area contributed by atoms with Crippen molar-refractivity contribution in [1.29, 1.82) is 0 Å². The van der Waals surface area contributed by atoms with Crippen molar-refractivity contribution in [2.24, 2.45) is 11.8 Å². The minimum atomic E-state index is -4.81. The number of aliphatic carboxylic acids is 1. The summed E-state index contributed by atoms with van der Waals surface area (Å²) in [7, 11) is 0. The molecule has 10 heteroatoms. The van der Waals surface area contributed by atoms with Crippen LogP contribution in [0.3, 0.4) is 0 Å². The second-order valence-corrected chi connectivity index (χ2v) is 11.1. The molecule has 0 aromatic heterocycles. The zero-order valence-electron chi connectivity index (χ0n) is 23.0. The fourth-order valence-electron chi connectivity index (χ4n) is 6.17. The first kappa shape index (κ1) is 30.4. The van der Waals surface area contributed by atoms with Crippen LogP contribution in [0.5, 0.6) is 5.75 Å². The molecule has 2 fully saturated rings. The number of hydrogen-bond acceptors (Lipinski definition) is 4. The lowest BCUT2D eigenvalue weighted by Crippen LogP contribution is -2.42. The number of hydrogen-bond donors (Lipinski definition) is 2. The van der Waals surface area contributed by atoms with Gasteiger partial charge in [-0.05, 0) is 79.5 Å². The van der Waals surface area contributed by atoms with Crippen molar-refractivity contribution in [3.8, 4) is 5.75 Å². The van der Waals surface area contributed by atoms with E-state index in [9.17, 15) is 27.6 Å². The van der Waals surface area contributed by atoms with Crippen molar-refractivity contribution < 1.29 is 37.4 Å². The molecule has 0 saturated heterocycles.